The van der Waals surface area contributed by atoms with Gasteiger partial charge >= 0.3 is 5.97 Å². The molecule has 0 saturated carbocycles. The summed E-state index contributed by atoms with van der Waals surface area (Å²) in [5.41, 5.74) is 4.35. The summed E-state index contributed by atoms with van der Waals surface area (Å²) in [4.78, 5) is 14.0. The first-order valence-corrected chi connectivity index (χ1v) is 11.4. The third kappa shape index (κ3) is 4.82. The average Bonchev–Trinajstić information content (AvgIpc) is 3.37. The summed E-state index contributed by atoms with van der Waals surface area (Å²) in [6.45, 7) is 3.05. The Labute approximate surface area is 199 Å². The van der Waals surface area contributed by atoms with E-state index in [0.717, 1.165) is 24.5 Å². The zero-order valence-corrected chi connectivity index (χ0v) is 18.8. The van der Waals surface area contributed by atoms with Crippen LogP contribution in [-0.4, -0.2) is 34.8 Å². The summed E-state index contributed by atoms with van der Waals surface area (Å²) < 4.78 is 8.01. The van der Waals surface area contributed by atoms with Crippen molar-refractivity contribution in [2.45, 2.75) is 19.2 Å². The Morgan fingerprint density at radius 2 is 1.53 bits per heavy atom. The van der Waals surface area contributed by atoms with Crippen molar-refractivity contribution < 1.29 is 14.6 Å². The summed E-state index contributed by atoms with van der Waals surface area (Å²) in [5, 5.41) is 13.1. The standard InChI is InChI=1S/C28H27N3O3/c32-28(33)25-9-6-10-26(27(25)30-15-4-5-16-30)31-19-24(20-31)34-23-13-11-22(12-14-23)18-29-17-21-7-2-1-3-8-21/h1-16,24,29H,17-20H2,(H,32,33). The van der Waals surface area contributed by atoms with Gasteiger partial charge in [-0.15, -0.1) is 0 Å². The third-order valence-electron chi connectivity index (χ3n) is 6.02. The number of nitrogens with one attached hydrogen (secondary N) is 1. The number of hydrogen-bond donors (Lipinski definition) is 2. The number of benzene rings is 3. The molecule has 2 heterocycles. The second-order valence-corrected chi connectivity index (χ2v) is 8.45. The van der Waals surface area contributed by atoms with Crippen LogP contribution < -0.4 is 15.0 Å². The van der Waals surface area contributed by atoms with E-state index in [2.05, 4.69) is 46.6 Å². The van der Waals surface area contributed by atoms with E-state index >= 15 is 0 Å². The molecule has 172 valence electrons. The minimum Gasteiger partial charge on any atom is -0.487 e. The number of para-hydroxylation sites is 1. The van der Waals surface area contributed by atoms with Gasteiger partial charge < -0.3 is 24.6 Å². The van der Waals surface area contributed by atoms with Crippen LogP contribution in [0.25, 0.3) is 5.69 Å². The summed E-state index contributed by atoms with van der Waals surface area (Å²) in [6.07, 6.45) is 3.80. The molecular weight excluding hydrogens is 426 g/mol. The summed E-state index contributed by atoms with van der Waals surface area (Å²) >= 11 is 0. The lowest BCUT2D eigenvalue weighted by Gasteiger charge is -2.41. The quantitative estimate of drug-likeness (QED) is 0.383. The Balaban J connectivity index is 1.17. The molecule has 0 aliphatic carbocycles. The van der Waals surface area contributed by atoms with Gasteiger partial charge in [-0.25, -0.2) is 4.79 Å². The fourth-order valence-electron chi connectivity index (χ4n) is 4.25. The van der Waals surface area contributed by atoms with Crippen molar-refractivity contribution in [2.75, 3.05) is 18.0 Å². The average molecular weight is 454 g/mol. The molecule has 1 fully saturated rings. The highest BCUT2D eigenvalue weighted by Gasteiger charge is 2.31. The number of nitrogens with zero attached hydrogens (tertiary/aromatic N) is 2. The van der Waals surface area contributed by atoms with Gasteiger partial charge in [0.05, 0.1) is 30.0 Å². The Morgan fingerprint density at radius 3 is 2.21 bits per heavy atom. The van der Waals surface area contributed by atoms with Gasteiger partial charge in [0.25, 0.3) is 0 Å². The van der Waals surface area contributed by atoms with Crippen molar-refractivity contribution >= 4 is 11.7 Å². The molecule has 6 nitrogen and oxygen atoms in total. The van der Waals surface area contributed by atoms with Gasteiger partial charge in [-0.1, -0.05) is 48.5 Å². The molecule has 6 heteroatoms. The molecule has 1 aromatic heterocycles. The van der Waals surface area contributed by atoms with E-state index in [4.69, 9.17) is 4.74 Å². The maximum absolute atomic E-state index is 11.8. The van der Waals surface area contributed by atoms with Gasteiger partial charge in [-0.2, -0.15) is 0 Å². The maximum atomic E-state index is 11.8. The fraction of sp³-hybridized carbons (Fsp3) is 0.179. The second kappa shape index (κ2) is 9.85. The molecule has 0 radical (unpaired) electrons. The highest BCUT2D eigenvalue weighted by Crippen LogP contribution is 2.32. The van der Waals surface area contributed by atoms with Crippen LogP contribution in [0.5, 0.6) is 5.75 Å². The van der Waals surface area contributed by atoms with Crippen LogP contribution in [0.15, 0.2) is 97.3 Å². The number of aromatic carboxylic acids is 1. The maximum Gasteiger partial charge on any atom is 0.337 e. The fourth-order valence-corrected chi connectivity index (χ4v) is 4.25. The van der Waals surface area contributed by atoms with Crippen molar-refractivity contribution in [3.8, 4) is 11.4 Å². The van der Waals surface area contributed by atoms with Gasteiger partial charge in [0, 0.05) is 25.5 Å². The molecule has 0 spiro atoms. The first-order chi connectivity index (χ1) is 16.7. The number of carboxylic acid groups (broad SMARTS) is 1. The van der Waals surface area contributed by atoms with Gasteiger partial charge in [-0.05, 0) is 47.5 Å². The molecular formula is C28H27N3O3. The zero-order valence-electron chi connectivity index (χ0n) is 18.8. The van der Waals surface area contributed by atoms with E-state index in [9.17, 15) is 9.90 Å². The Morgan fingerprint density at radius 1 is 0.853 bits per heavy atom. The van der Waals surface area contributed by atoms with Crippen LogP contribution in [-0.2, 0) is 13.1 Å². The lowest BCUT2D eigenvalue weighted by atomic mass is 10.1. The largest absolute Gasteiger partial charge is 0.487 e. The van der Waals surface area contributed by atoms with E-state index in [0.29, 0.717) is 18.8 Å². The smallest absolute Gasteiger partial charge is 0.337 e. The van der Waals surface area contributed by atoms with E-state index in [1.54, 1.807) is 12.1 Å². The predicted octanol–water partition coefficient (Wildman–Crippen LogP) is 4.73. The van der Waals surface area contributed by atoms with Crippen molar-refractivity contribution in [1.82, 2.24) is 9.88 Å². The van der Waals surface area contributed by atoms with Crippen LogP contribution in [0.1, 0.15) is 21.5 Å². The minimum absolute atomic E-state index is 0.0630. The molecule has 34 heavy (non-hydrogen) atoms. The molecule has 4 aromatic rings. The summed E-state index contributed by atoms with van der Waals surface area (Å²) in [6, 6.07) is 27.8. The molecule has 2 N–H and O–H groups in total. The van der Waals surface area contributed by atoms with Gasteiger partial charge in [0.2, 0.25) is 0 Å². The molecule has 3 aromatic carbocycles. The topological polar surface area (TPSA) is 66.7 Å². The first-order valence-electron chi connectivity index (χ1n) is 11.4. The van der Waals surface area contributed by atoms with Gasteiger partial charge in [0.1, 0.15) is 11.9 Å². The predicted molar refractivity (Wildman–Crippen MR) is 133 cm³/mol. The van der Waals surface area contributed by atoms with Crippen LogP contribution in [0.4, 0.5) is 5.69 Å². The van der Waals surface area contributed by atoms with Crippen molar-refractivity contribution in [3.05, 3.63) is 114 Å². The molecule has 1 aliphatic heterocycles. The van der Waals surface area contributed by atoms with E-state index in [1.165, 1.54) is 11.1 Å². The number of carbonyl (C=O) groups is 1. The van der Waals surface area contributed by atoms with E-state index in [-0.39, 0.29) is 11.7 Å². The van der Waals surface area contributed by atoms with E-state index < -0.39 is 5.97 Å². The SMILES string of the molecule is O=C(O)c1cccc(N2CC(Oc3ccc(CNCc4ccccc4)cc3)C2)c1-n1cccc1. The van der Waals surface area contributed by atoms with Crippen LogP contribution in [0.2, 0.25) is 0 Å². The Bertz CT molecular complexity index is 1230. The van der Waals surface area contributed by atoms with Crippen molar-refractivity contribution in [1.29, 1.82) is 0 Å². The van der Waals surface area contributed by atoms with Crippen LogP contribution >= 0.6 is 0 Å². The van der Waals surface area contributed by atoms with Crippen LogP contribution in [0.3, 0.4) is 0 Å². The Hall–Kier alpha value is -4.03. The van der Waals surface area contributed by atoms with Gasteiger partial charge in [0.15, 0.2) is 0 Å². The third-order valence-corrected chi connectivity index (χ3v) is 6.02. The first kappa shape index (κ1) is 21.8. The molecule has 5 rings (SSSR count). The number of aromatic nitrogens is 1. The summed E-state index contributed by atoms with van der Waals surface area (Å²) in [7, 11) is 0. The normalized spacial score (nSPS) is 13.5. The number of rotatable bonds is 9. The number of hydrogen-bond acceptors (Lipinski definition) is 4. The molecule has 0 unspecified atom stereocenters. The van der Waals surface area contributed by atoms with E-state index in [1.807, 2.05) is 53.4 Å². The Kier molecular flexibility index (Phi) is 6.31. The second-order valence-electron chi connectivity index (χ2n) is 8.45. The zero-order chi connectivity index (χ0) is 23.3. The monoisotopic (exact) mass is 453 g/mol. The van der Waals surface area contributed by atoms with Crippen molar-refractivity contribution in [3.63, 3.8) is 0 Å². The van der Waals surface area contributed by atoms with Gasteiger partial charge in [-0.3, -0.25) is 0 Å². The minimum atomic E-state index is -0.933. The molecule has 0 atom stereocenters. The number of anilines is 1. The highest BCUT2D eigenvalue weighted by atomic mass is 16.5. The number of ether oxygens (including phenoxy) is 1. The van der Waals surface area contributed by atoms with Crippen LogP contribution in [0, 0.1) is 0 Å². The summed E-state index contributed by atoms with van der Waals surface area (Å²) in [5.74, 6) is -0.0846. The molecule has 1 saturated heterocycles. The lowest BCUT2D eigenvalue weighted by molar-refractivity contribution is 0.0697. The lowest BCUT2D eigenvalue weighted by Crippen LogP contribution is -2.54. The molecule has 0 bridgehead atoms. The highest BCUT2D eigenvalue weighted by molar-refractivity contribution is 5.95. The number of carboxylic acids is 1. The molecule has 0 amide bonds. The molecule has 1 aliphatic rings. The van der Waals surface area contributed by atoms with Crippen molar-refractivity contribution in [2.24, 2.45) is 0 Å².